The van der Waals surface area contributed by atoms with Gasteiger partial charge in [0, 0.05) is 24.1 Å². The lowest BCUT2D eigenvalue weighted by Gasteiger charge is -2.05. The quantitative estimate of drug-likeness (QED) is 0.504. The molecule has 0 radical (unpaired) electrons. The Hall–Kier alpha value is -3.26. The number of benzene rings is 2. The van der Waals surface area contributed by atoms with E-state index in [1.54, 1.807) is 6.07 Å². The van der Waals surface area contributed by atoms with Crippen LogP contribution in [0.25, 0.3) is 0 Å². The molecule has 0 spiro atoms. The molecule has 0 aliphatic rings. The smallest absolute Gasteiger partial charge is 0.407 e. The van der Waals surface area contributed by atoms with Crippen molar-refractivity contribution in [2.45, 2.75) is 13.0 Å². The molecule has 0 unspecified atom stereocenters. The maximum atomic E-state index is 11.5. The molecule has 0 aliphatic carbocycles. The molecule has 24 heavy (non-hydrogen) atoms. The Labute approximate surface area is 140 Å². The standard InChI is InChI=1S/C19H17NO4/c21-13-17-12-18(22)10-9-16(17)8-4-5-11-20-19(23)24-14-15-6-2-1-3-7-15/h1-3,6-7,9-10,12-13,22H,5,11,14H2,(H,20,23). The summed E-state index contributed by atoms with van der Waals surface area (Å²) in [6.45, 7) is 0.559. The number of amides is 1. The number of carbonyl (C=O) groups is 2. The van der Waals surface area contributed by atoms with Gasteiger partial charge in [0.15, 0.2) is 6.29 Å². The monoisotopic (exact) mass is 323 g/mol. The summed E-state index contributed by atoms with van der Waals surface area (Å²) < 4.78 is 5.07. The summed E-state index contributed by atoms with van der Waals surface area (Å²) in [6, 6.07) is 13.8. The minimum Gasteiger partial charge on any atom is -0.508 e. The maximum absolute atomic E-state index is 11.5. The predicted octanol–water partition coefficient (Wildman–Crippen LogP) is 2.87. The van der Waals surface area contributed by atoms with Crippen LogP contribution in [0, 0.1) is 11.8 Å². The summed E-state index contributed by atoms with van der Waals surface area (Å²) in [5, 5.41) is 11.9. The van der Waals surface area contributed by atoms with Gasteiger partial charge in [0.05, 0.1) is 0 Å². The van der Waals surface area contributed by atoms with Crippen LogP contribution in [-0.4, -0.2) is 24.0 Å². The van der Waals surface area contributed by atoms with Crippen LogP contribution >= 0.6 is 0 Å². The molecule has 2 aromatic carbocycles. The van der Waals surface area contributed by atoms with Crippen LogP contribution in [0.3, 0.4) is 0 Å². The van der Waals surface area contributed by atoms with Gasteiger partial charge in [-0.1, -0.05) is 42.2 Å². The molecule has 0 aliphatic heterocycles. The third-order valence-electron chi connectivity index (χ3n) is 3.12. The Morgan fingerprint density at radius 3 is 2.75 bits per heavy atom. The summed E-state index contributed by atoms with van der Waals surface area (Å²) in [7, 11) is 0. The lowest BCUT2D eigenvalue weighted by molar-refractivity contribution is 0.112. The number of carbonyl (C=O) groups excluding carboxylic acids is 2. The molecule has 0 saturated heterocycles. The van der Waals surface area contributed by atoms with Crippen molar-refractivity contribution < 1.29 is 19.4 Å². The van der Waals surface area contributed by atoms with Crippen molar-refractivity contribution in [2.75, 3.05) is 6.54 Å². The summed E-state index contributed by atoms with van der Waals surface area (Å²) in [6.07, 6.45) is 0.557. The minimum atomic E-state index is -0.501. The molecule has 2 aromatic rings. The van der Waals surface area contributed by atoms with Gasteiger partial charge in [-0.2, -0.15) is 0 Å². The number of alkyl carbamates (subject to hydrolysis) is 1. The molecule has 1 amide bonds. The van der Waals surface area contributed by atoms with E-state index in [0.29, 0.717) is 30.4 Å². The topological polar surface area (TPSA) is 75.6 Å². The van der Waals surface area contributed by atoms with Gasteiger partial charge in [-0.05, 0) is 23.8 Å². The summed E-state index contributed by atoms with van der Waals surface area (Å²) in [5.74, 6) is 5.72. The first kappa shape index (κ1) is 17.1. The fourth-order valence-electron chi connectivity index (χ4n) is 1.92. The first-order valence-corrected chi connectivity index (χ1v) is 7.40. The van der Waals surface area contributed by atoms with Crippen LogP contribution in [0.2, 0.25) is 0 Å². The fraction of sp³-hybridized carbons (Fsp3) is 0.158. The first-order chi connectivity index (χ1) is 11.7. The van der Waals surface area contributed by atoms with E-state index < -0.39 is 6.09 Å². The summed E-state index contributed by atoms with van der Waals surface area (Å²) in [5.41, 5.74) is 1.79. The van der Waals surface area contributed by atoms with E-state index in [0.717, 1.165) is 5.56 Å². The van der Waals surface area contributed by atoms with Gasteiger partial charge in [0.25, 0.3) is 0 Å². The number of aldehydes is 1. The van der Waals surface area contributed by atoms with Crippen LogP contribution in [0.1, 0.15) is 27.9 Å². The Morgan fingerprint density at radius 1 is 1.21 bits per heavy atom. The molecule has 122 valence electrons. The van der Waals surface area contributed by atoms with Crippen molar-refractivity contribution >= 4 is 12.4 Å². The summed E-state index contributed by atoms with van der Waals surface area (Å²) >= 11 is 0. The molecule has 0 aromatic heterocycles. The minimum absolute atomic E-state index is 0.0190. The lowest BCUT2D eigenvalue weighted by atomic mass is 10.1. The van der Waals surface area contributed by atoms with Gasteiger partial charge in [0.1, 0.15) is 12.4 Å². The average Bonchev–Trinajstić information content (AvgIpc) is 2.61. The number of hydrogen-bond acceptors (Lipinski definition) is 4. The van der Waals surface area contributed by atoms with Crippen molar-refractivity contribution in [1.29, 1.82) is 0 Å². The lowest BCUT2D eigenvalue weighted by Crippen LogP contribution is -2.24. The number of aromatic hydroxyl groups is 1. The number of phenolic OH excluding ortho intramolecular Hbond substituents is 1. The molecule has 2 rings (SSSR count). The second kappa shape index (κ2) is 9.01. The maximum Gasteiger partial charge on any atom is 0.407 e. The van der Waals surface area contributed by atoms with Crippen LogP contribution in [0.4, 0.5) is 4.79 Å². The number of hydrogen-bond donors (Lipinski definition) is 2. The molecule has 5 nitrogen and oxygen atoms in total. The third kappa shape index (κ3) is 5.50. The normalized spacial score (nSPS) is 9.50. The largest absolute Gasteiger partial charge is 0.508 e. The zero-order valence-corrected chi connectivity index (χ0v) is 13.0. The highest BCUT2D eigenvalue weighted by molar-refractivity contribution is 5.80. The molecule has 0 bridgehead atoms. The van der Waals surface area contributed by atoms with E-state index in [-0.39, 0.29) is 12.4 Å². The van der Waals surface area contributed by atoms with Crippen LogP contribution < -0.4 is 5.32 Å². The van der Waals surface area contributed by atoms with Gasteiger partial charge < -0.3 is 15.2 Å². The zero-order chi connectivity index (χ0) is 17.2. The average molecular weight is 323 g/mol. The van der Waals surface area contributed by atoms with Crippen molar-refractivity contribution in [1.82, 2.24) is 5.32 Å². The molecular formula is C19H17NO4. The fourth-order valence-corrected chi connectivity index (χ4v) is 1.92. The van der Waals surface area contributed by atoms with Crippen LogP contribution in [0.5, 0.6) is 5.75 Å². The number of nitrogens with one attached hydrogen (secondary N) is 1. The Bertz CT molecular complexity index is 760. The van der Waals surface area contributed by atoms with E-state index in [9.17, 15) is 14.7 Å². The third-order valence-corrected chi connectivity index (χ3v) is 3.12. The molecule has 0 saturated carbocycles. The van der Waals surface area contributed by atoms with E-state index in [1.165, 1.54) is 12.1 Å². The van der Waals surface area contributed by atoms with E-state index >= 15 is 0 Å². The van der Waals surface area contributed by atoms with Crippen LogP contribution in [0.15, 0.2) is 48.5 Å². The summed E-state index contributed by atoms with van der Waals surface area (Å²) in [4.78, 5) is 22.4. The van der Waals surface area contributed by atoms with Crippen LogP contribution in [-0.2, 0) is 11.3 Å². The van der Waals surface area contributed by atoms with E-state index in [4.69, 9.17) is 4.74 Å². The van der Waals surface area contributed by atoms with Crippen molar-refractivity contribution in [3.8, 4) is 17.6 Å². The first-order valence-electron chi connectivity index (χ1n) is 7.40. The number of phenols is 1. The Morgan fingerprint density at radius 2 is 2.00 bits per heavy atom. The highest BCUT2D eigenvalue weighted by atomic mass is 16.5. The highest BCUT2D eigenvalue weighted by Gasteiger charge is 2.01. The van der Waals surface area contributed by atoms with Gasteiger partial charge in [-0.3, -0.25) is 4.79 Å². The highest BCUT2D eigenvalue weighted by Crippen LogP contribution is 2.13. The second-order valence-electron chi connectivity index (χ2n) is 4.93. The van der Waals surface area contributed by atoms with Gasteiger partial charge >= 0.3 is 6.09 Å². The van der Waals surface area contributed by atoms with Gasteiger partial charge in [-0.25, -0.2) is 4.79 Å². The molecule has 2 N–H and O–H groups in total. The van der Waals surface area contributed by atoms with Crippen molar-refractivity contribution in [3.63, 3.8) is 0 Å². The van der Waals surface area contributed by atoms with Gasteiger partial charge in [-0.15, -0.1) is 0 Å². The van der Waals surface area contributed by atoms with Gasteiger partial charge in [0.2, 0.25) is 0 Å². The number of rotatable bonds is 5. The zero-order valence-electron chi connectivity index (χ0n) is 13.0. The molecular weight excluding hydrogens is 306 g/mol. The molecule has 0 fully saturated rings. The predicted molar refractivity (Wildman–Crippen MR) is 89.6 cm³/mol. The number of ether oxygens (including phenoxy) is 1. The Balaban J connectivity index is 1.73. The Kier molecular flexibility index (Phi) is 6.42. The SMILES string of the molecule is O=Cc1cc(O)ccc1C#CCCNC(=O)OCc1ccccc1. The van der Waals surface area contributed by atoms with E-state index in [1.807, 2.05) is 30.3 Å². The van der Waals surface area contributed by atoms with Crippen molar-refractivity contribution in [2.24, 2.45) is 0 Å². The molecule has 5 heteroatoms. The second-order valence-corrected chi connectivity index (χ2v) is 4.93. The van der Waals surface area contributed by atoms with Crippen molar-refractivity contribution in [3.05, 3.63) is 65.2 Å². The molecule has 0 atom stereocenters. The van der Waals surface area contributed by atoms with E-state index in [2.05, 4.69) is 17.2 Å². The molecule has 0 heterocycles.